The summed E-state index contributed by atoms with van der Waals surface area (Å²) in [5, 5.41) is 1.07. The van der Waals surface area contributed by atoms with Crippen LogP contribution in [0.5, 0.6) is 0 Å². The van der Waals surface area contributed by atoms with Gasteiger partial charge in [0.25, 0.3) is 0 Å². The van der Waals surface area contributed by atoms with Gasteiger partial charge in [-0.15, -0.1) is 0 Å². The Morgan fingerprint density at radius 1 is 1.17 bits per heavy atom. The molecule has 1 aromatic carbocycles. The Kier molecular flexibility index (Phi) is 5.08. The van der Waals surface area contributed by atoms with E-state index in [9.17, 15) is 4.79 Å². The number of rotatable bonds is 5. The van der Waals surface area contributed by atoms with Crippen molar-refractivity contribution in [2.45, 2.75) is 44.9 Å². The summed E-state index contributed by atoms with van der Waals surface area (Å²) in [7, 11) is 0. The number of benzene rings is 1. The molecule has 1 aliphatic carbocycles. The van der Waals surface area contributed by atoms with Crippen LogP contribution in [0.2, 0.25) is 10.0 Å². The summed E-state index contributed by atoms with van der Waals surface area (Å²) in [5.74, 6) is 1.09. The number of hydrogen-bond acceptors (Lipinski definition) is 1. The van der Waals surface area contributed by atoms with E-state index in [1.54, 1.807) is 12.1 Å². The molecule has 0 bridgehead atoms. The molecule has 0 N–H and O–H groups in total. The van der Waals surface area contributed by atoms with Crippen LogP contribution >= 0.6 is 23.2 Å². The SMILES string of the molecule is O=C(CCC1CCCC1)Cc1ccc(Cl)c(Cl)c1. The van der Waals surface area contributed by atoms with Crippen LogP contribution in [-0.2, 0) is 11.2 Å². The highest BCUT2D eigenvalue weighted by Gasteiger charge is 2.16. The summed E-state index contributed by atoms with van der Waals surface area (Å²) in [4.78, 5) is 11.9. The number of carbonyl (C=O) groups is 1. The highest BCUT2D eigenvalue weighted by Crippen LogP contribution is 2.29. The standard InChI is InChI=1S/C15H18Cl2O/c16-14-8-6-12(10-15(14)17)9-13(18)7-5-11-3-1-2-4-11/h6,8,10-11H,1-5,7,9H2. The van der Waals surface area contributed by atoms with Crippen molar-refractivity contribution in [1.82, 2.24) is 0 Å². The van der Waals surface area contributed by atoms with E-state index in [4.69, 9.17) is 23.2 Å². The summed E-state index contributed by atoms with van der Waals surface area (Å²) >= 11 is 11.8. The van der Waals surface area contributed by atoms with Crippen molar-refractivity contribution in [1.29, 1.82) is 0 Å². The summed E-state index contributed by atoms with van der Waals surface area (Å²) in [6.07, 6.45) is 7.52. The van der Waals surface area contributed by atoms with Crippen molar-refractivity contribution < 1.29 is 4.79 Å². The van der Waals surface area contributed by atoms with Crippen LogP contribution in [0.4, 0.5) is 0 Å². The second-order valence-electron chi connectivity index (χ2n) is 5.15. The summed E-state index contributed by atoms with van der Waals surface area (Å²) in [6.45, 7) is 0. The minimum atomic E-state index is 0.306. The van der Waals surface area contributed by atoms with Gasteiger partial charge in [0.1, 0.15) is 5.78 Å². The van der Waals surface area contributed by atoms with Gasteiger partial charge < -0.3 is 0 Å². The maximum atomic E-state index is 11.9. The van der Waals surface area contributed by atoms with Crippen molar-refractivity contribution in [2.24, 2.45) is 5.92 Å². The Labute approximate surface area is 118 Å². The average Bonchev–Trinajstić information content (AvgIpc) is 2.84. The molecule has 0 amide bonds. The molecule has 0 spiro atoms. The monoisotopic (exact) mass is 284 g/mol. The van der Waals surface area contributed by atoms with Crippen LogP contribution in [0.15, 0.2) is 18.2 Å². The lowest BCUT2D eigenvalue weighted by Crippen LogP contribution is -2.05. The summed E-state index contributed by atoms with van der Waals surface area (Å²) in [5.41, 5.74) is 0.959. The molecule has 1 nitrogen and oxygen atoms in total. The van der Waals surface area contributed by atoms with Crippen LogP contribution in [0, 0.1) is 5.92 Å². The molecule has 1 saturated carbocycles. The van der Waals surface area contributed by atoms with Gasteiger partial charge in [-0.2, -0.15) is 0 Å². The third-order valence-electron chi connectivity index (χ3n) is 3.69. The van der Waals surface area contributed by atoms with E-state index in [0.717, 1.165) is 17.9 Å². The van der Waals surface area contributed by atoms with Gasteiger partial charge >= 0.3 is 0 Å². The van der Waals surface area contributed by atoms with Crippen LogP contribution < -0.4 is 0 Å². The maximum Gasteiger partial charge on any atom is 0.137 e. The largest absolute Gasteiger partial charge is 0.299 e. The molecule has 0 heterocycles. The van der Waals surface area contributed by atoms with Gasteiger partial charge in [0, 0.05) is 12.8 Å². The van der Waals surface area contributed by atoms with Gasteiger partial charge in [-0.05, 0) is 30.0 Å². The molecule has 3 heteroatoms. The molecule has 0 aromatic heterocycles. The molecule has 2 rings (SSSR count). The fourth-order valence-corrected chi connectivity index (χ4v) is 2.95. The van der Waals surface area contributed by atoms with Crippen molar-refractivity contribution in [3.05, 3.63) is 33.8 Å². The molecule has 1 aromatic rings. The van der Waals surface area contributed by atoms with Gasteiger partial charge in [-0.3, -0.25) is 4.79 Å². The Bertz CT molecular complexity index is 423. The maximum absolute atomic E-state index is 11.9. The van der Waals surface area contributed by atoms with E-state index in [2.05, 4.69) is 0 Å². The molecular formula is C15H18Cl2O. The number of halogens is 2. The van der Waals surface area contributed by atoms with E-state index in [1.807, 2.05) is 6.07 Å². The molecule has 1 fully saturated rings. The van der Waals surface area contributed by atoms with E-state index in [-0.39, 0.29) is 0 Å². The van der Waals surface area contributed by atoms with Crippen molar-refractivity contribution in [3.8, 4) is 0 Å². The molecule has 0 aliphatic heterocycles. The van der Waals surface area contributed by atoms with Crippen LogP contribution in [0.25, 0.3) is 0 Å². The van der Waals surface area contributed by atoms with Gasteiger partial charge in [0.2, 0.25) is 0 Å². The number of hydrogen-bond donors (Lipinski definition) is 0. The first-order valence-corrected chi connectivity index (χ1v) is 7.36. The van der Waals surface area contributed by atoms with Crippen LogP contribution in [-0.4, -0.2) is 5.78 Å². The van der Waals surface area contributed by atoms with Gasteiger partial charge in [-0.1, -0.05) is 55.0 Å². The lowest BCUT2D eigenvalue weighted by molar-refractivity contribution is -0.118. The normalized spacial score (nSPS) is 16.1. The predicted octanol–water partition coefficient (Wildman–Crippen LogP) is 5.08. The summed E-state index contributed by atoms with van der Waals surface area (Å²) in [6, 6.07) is 5.42. The second kappa shape index (κ2) is 6.58. The average molecular weight is 285 g/mol. The molecule has 0 saturated heterocycles. The van der Waals surface area contributed by atoms with Crippen molar-refractivity contribution in [2.75, 3.05) is 0 Å². The molecule has 1 aliphatic rings. The van der Waals surface area contributed by atoms with Gasteiger partial charge in [0.15, 0.2) is 0 Å². The molecule has 0 atom stereocenters. The highest BCUT2D eigenvalue weighted by atomic mass is 35.5. The van der Waals surface area contributed by atoms with E-state index in [0.29, 0.717) is 28.7 Å². The minimum Gasteiger partial charge on any atom is -0.299 e. The van der Waals surface area contributed by atoms with Crippen LogP contribution in [0.1, 0.15) is 44.1 Å². The first-order chi connectivity index (χ1) is 8.65. The zero-order valence-corrected chi connectivity index (χ0v) is 11.9. The van der Waals surface area contributed by atoms with E-state index in [1.165, 1.54) is 25.7 Å². The Hall–Kier alpha value is -0.530. The molecule has 0 unspecified atom stereocenters. The number of carbonyl (C=O) groups excluding carboxylic acids is 1. The lowest BCUT2D eigenvalue weighted by atomic mass is 9.98. The Morgan fingerprint density at radius 2 is 1.89 bits per heavy atom. The summed E-state index contributed by atoms with van der Waals surface area (Å²) < 4.78 is 0. The molecule has 0 radical (unpaired) electrons. The molecule has 18 heavy (non-hydrogen) atoms. The fraction of sp³-hybridized carbons (Fsp3) is 0.533. The third kappa shape index (κ3) is 4.00. The third-order valence-corrected chi connectivity index (χ3v) is 4.43. The number of Topliss-reactive ketones (excluding diaryl/α,β-unsaturated/α-hetero) is 1. The van der Waals surface area contributed by atoms with Crippen molar-refractivity contribution in [3.63, 3.8) is 0 Å². The molecule has 98 valence electrons. The molecular weight excluding hydrogens is 267 g/mol. The Morgan fingerprint density at radius 3 is 2.56 bits per heavy atom. The predicted molar refractivity (Wildman–Crippen MR) is 76.4 cm³/mol. The first-order valence-electron chi connectivity index (χ1n) is 6.61. The van der Waals surface area contributed by atoms with Gasteiger partial charge in [-0.25, -0.2) is 0 Å². The first kappa shape index (κ1) is 13.9. The Balaban J connectivity index is 1.80. The van der Waals surface area contributed by atoms with Crippen LogP contribution in [0.3, 0.4) is 0 Å². The quantitative estimate of drug-likeness (QED) is 0.737. The number of ketones is 1. The smallest absolute Gasteiger partial charge is 0.137 e. The van der Waals surface area contributed by atoms with Gasteiger partial charge in [0.05, 0.1) is 10.0 Å². The van der Waals surface area contributed by atoms with E-state index < -0.39 is 0 Å². The topological polar surface area (TPSA) is 17.1 Å². The lowest BCUT2D eigenvalue weighted by Gasteiger charge is -2.08. The van der Waals surface area contributed by atoms with E-state index >= 15 is 0 Å². The fourth-order valence-electron chi connectivity index (χ4n) is 2.63. The zero-order chi connectivity index (χ0) is 13.0. The minimum absolute atomic E-state index is 0.306. The zero-order valence-electron chi connectivity index (χ0n) is 10.4. The van der Waals surface area contributed by atoms with Crippen molar-refractivity contribution >= 4 is 29.0 Å². The second-order valence-corrected chi connectivity index (χ2v) is 5.97. The highest BCUT2D eigenvalue weighted by molar-refractivity contribution is 6.42.